The molecule has 1 aromatic carbocycles. The van der Waals surface area contributed by atoms with Crippen molar-refractivity contribution in [2.45, 2.75) is 10.9 Å². The van der Waals surface area contributed by atoms with Crippen LogP contribution in [0, 0.1) is 0 Å². The molecule has 0 radical (unpaired) electrons. The van der Waals surface area contributed by atoms with Crippen molar-refractivity contribution >= 4 is 34.7 Å². The van der Waals surface area contributed by atoms with Crippen LogP contribution in [0.1, 0.15) is 6.42 Å². The van der Waals surface area contributed by atoms with Gasteiger partial charge < -0.3 is 0 Å². The second-order valence-electron chi connectivity index (χ2n) is 2.78. The van der Waals surface area contributed by atoms with Crippen LogP contribution in [0.5, 0.6) is 0 Å². The molecule has 0 aliphatic rings. The molecule has 5 heteroatoms. The van der Waals surface area contributed by atoms with Crippen molar-refractivity contribution in [2.75, 3.05) is 5.75 Å². The van der Waals surface area contributed by atoms with E-state index in [9.17, 15) is 13.0 Å². The molecule has 0 heterocycles. The van der Waals surface area contributed by atoms with Gasteiger partial charge in [0.2, 0.25) is 0 Å². The summed E-state index contributed by atoms with van der Waals surface area (Å²) in [5, 5.41) is 0. The quantitative estimate of drug-likeness (QED) is 0.446. The van der Waals surface area contributed by atoms with Crippen molar-refractivity contribution in [3.05, 3.63) is 30.3 Å². The standard InChI is InChI=1S/C9H12O3STe/c10-13(11,12)7-4-8-14-9-5-2-1-3-6-9/h1-3,5-6H,4,7-8H2,(H,10,11,12)/p-1. The molecule has 0 spiro atoms. The van der Waals surface area contributed by atoms with E-state index in [4.69, 9.17) is 0 Å². The number of hydrogen-bond acceptors (Lipinski definition) is 3. The molecule has 0 atom stereocenters. The molecule has 0 aromatic heterocycles. The third-order valence-corrected chi connectivity index (χ3v) is 5.47. The molecule has 0 aliphatic heterocycles. The Morgan fingerprint density at radius 3 is 2.43 bits per heavy atom. The van der Waals surface area contributed by atoms with Crippen LogP contribution in [-0.4, -0.2) is 39.6 Å². The van der Waals surface area contributed by atoms with E-state index < -0.39 is 10.1 Å². The van der Waals surface area contributed by atoms with E-state index in [1.807, 2.05) is 30.3 Å². The van der Waals surface area contributed by atoms with E-state index in [0.717, 1.165) is 4.47 Å². The first kappa shape index (κ1) is 12.0. The van der Waals surface area contributed by atoms with Gasteiger partial charge in [0, 0.05) is 0 Å². The molecule has 0 bridgehead atoms. The fourth-order valence-electron chi connectivity index (χ4n) is 0.942. The molecule has 3 nitrogen and oxygen atoms in total. The van der Waals surface area contributed by atoms with Crippen LogP contribution < -0.4 is 3.61 Å². The van der Waals surface area contributed by atoms with Gasteiger partial charge in [0.25, 0.3) is 0 Å². The predicted molar refractivity (Wildman–Crippen MR) is 55.8 cm³/mol. The third-order valence-electron chi connectivity index (χ3n) is 1.55. The van der Waals surface area contributed by atoms with Crippen LogP contribution in [0.3, 0.4) is 0 Å². The summed E-state index contributed by atoms with van der Waals surface area (Å²) in [5.74, 6) is -0.218. The molecule has 0 unspecified atom stereocenters. The Labute approximate surface area is 94.4 Å². The fourth-order valence-corrected chi connectivity index (χ4v) is 4.51. The summed E-state index contributed by atoms with van der Waals surface area (Å²) in [4.78, 5) is 0. The molecule has 1 aromatic rings. The molecular formula is C9H11O3STe-. The summed E-state index contributed by atoms with van der Waals surface area (Å²) >= 11 is -0.306. The van der Waals surface area contributed by atoms with E-state index in [1.54, 1.807) is 0 Å². The molecule has 14 heavy (non-hydrogen) atoms. The maximum atomic E-state index is 10.3. The SMILES string of the molecule is O=S(=O)([O-])CCC[Te]c1ccccc1. The summed E-state index contributed by atoms with van der Waals surface area (Å²) in [7, 11) is -4.01. The molecular weight excluding hydrogens is 316 g/mol. The van der Waals surface area contributed by atoms with Gasteiger partial charge in [0.15, 0.2) is 0 Å². The van der Waals surface area contributed by atoms with Gasteiger partial charge in [0.05, 0.1) is 0 Å². The Hall–Kier alpha value is -0.0804. The first-order chi connectivity index (χ1) is 6.58. The van der Waals surface area contributed by atoms with E-state index in [-0.39, 0.29) is 26.7 Å². The maximum absolute atomic E-state index is 10.3. The number of hydrogen-bond donors (Lipinski definition) is 0. The molecule has 0 saturated carbocycles. The number of benzene rings is 1. The van der Waals surface area contributed by atoms with E-state index in [0.29, 0.717) is 6.42 Å². The van der Waals surface area contributed by atoms with Crippen molar-refractivity contribution in [1.29, 1.82) is 0 Å². The Kier molecular flexibility index (Phi) is 4.90. The fraction of sp³-hybridized carbons (Fsp3) is 0.333. The zero-order valence-electron chi connectivity index (χ0n) is 7.55. The molecule has 0 amide bonds. The Balaban J connectivity index is 2.23. The molecule has 1 rings (SSSR count). The van der Waals surface area contributed by atoms with Crippen LogP contribution in [0.2, 0.25) is 4.47 Å². The van der Waals surface area contributed by atoms with Gasteiger partial charge in [-0.2, -0.15) is 0 Å². The average molecular weight is 327 g/mol. The van der Waals surface area contributed by atoms with Gasteiger partial charge in [-0.15, -0.1) is 0 Å². The monoisotopic (exact) mass is 329 g/mol. The van der Waals surface area contributed by atoms with Crippen molar-refractivity contribution in [2.24, 2.45) is 0 Å². The van der Waals surface area contributed by atoms with Crippen LogP contribution in [0.4, 0.5) is 0 Å². The summed E-state index contributed by atoms with van der Waals surface area (Å²) < 4.78 is 33.1. The van der Waals surface area contributed by atoms with Crippen molar-refractivity contribution < 1.29 is 13.0 Å². The van der Waals surface area contributed by atoms with Gasteiger partial charge in [-0.25, -0.2) is 0 Å². The summed E-state index contributed by atoms with van der Waals surface area (Å²) in [6, 6.07) is 10.0. The first-order valence-electron chi connectivity index (χ1n) is 4.19. The molecule has 0 saturated heterocycles. The normalized spacial score (nSPS) is 11.5. The summed E-state index contributed by atoms with van der Waals surface area (Å²) in [5.41, 5.74) is 0. The second kappa shape index (κ2) is 5.72. The van der Waals surface area contributed by atoms with Crippen molar-refractivity contribution in [1.82, 2.24) is 0 Å². The van der Waals surface area contributed by atoms with Crippen molar-refractivity contribution in [3.8, 4) is 0 Å². The second-order valence-corrected chi connectivity index (χ2v) is 7.63. The van der Waals surface area contributed by atoms with Gasteiger partial charge in [-0.3, -0.25) is 0 Å². The minimum absolute atomic E-state index is 0.218. The molecule has 78 valence electrons. The van der Waals surface area contributed by atoms with Crippen LogP contribution >= 0.6 is 0 Å². The van der Waals surface area contributed by atoms with Gasteiger partial charge in [-0.05, 0) is 0 Å². The van der Waals surface area contributed by atoms with Gasteiger partial charge in [0.1, 0.15) is 0 Å². The average Bonchev–Trinajstić information content (AvgIpc) is 2.13. The zero-order chi connectivity index (χ0) is 10.4. The van der Waals surface area contributed by atoms with Gasteiger partial charge >= 0.3 is 94.6 Å². The zero-order valence-corrected chi connectivity index (χ0v) is 10.7. The van der Waals surface area contributed by atoms with Gasteiger partial charge in [-0.1, -0.05) is 0 Å². The Morgan fingerprint density at radius 1 is 1.21 bits per heavy atom. The minimum atomic E-state index is -4.01. The number of rotatable bonds is 5. The Bertz CT molecular complexity index is 361. The Morgan fingerprint density at radius 2 is 1.86 bits per heavy atom. The predicted octanol–water partition coefficient (Wildman–Crippen LogP) is 0.370. The molecule has 0 N–H and O–H groups in total. The van der Waals surface area contributed by atoms with Crippen LogP contribution in [0.15, 0.2) is 30.3 Å². The first-order valence-corrected chi connectivity index (χ1v) is 8.58. The summed E-state index contributed by atoms with van der Waals surface area (Å²) in [6.07, 6.45) is 0.503. The molecule has 0 aliphatic carbocycles. The third kappa shape index (κ3) is 5.61. The van der Waals surface area contributed by atoms with Crippen LogP contribution in [-0.2, 0) is 10.1 Å². The van der Waals surface area contributed by atoms with E-state index in [1.165, 1.54) is 3.61 Å². The van der Waals surface area contributed by atoms with Crippen molar-refractivity contribution in [3.63, 3.8) is 0 Å². The van der Waals surface area contributed by atoms with E-state index >= 15 is 0 Å². The summed E-state index contributed by atoms with van der Waals surface area (Å²) in [6.45, 7) is 0. The van der Waals surface area contributed by atoms with E-state index in [2.05, 4.69) is 0 Å². The van der Waals surface area contributed by atoms with Crippen LogP contribution in [0.25, 0.3) is 0 Å². The molecule has 0 fully saturated rings. The topological polar surface area (TPSA) is 57.2 Å².